The second kappa shape index (κ2) is 6.22. The van der Waals surface area contributed by atoms with Gasteiger partial charge in [0.2, 0.25) is 6.29 Å². The van der Waals surface area contributed by atoms with Crippen LogP contribution in [-0.2, 0) is 19.1 Å². The van der Waals surface area contributed by atoms with Gasteiger partial charge >= 0.3 is 11.9 Å². The van der Waals surface area contributed by atoms with E-state index in [9.17, 15) is 9.59 Å². The number of rotatable bonds is 4. The Kier molecular flexibility index (Phi) is 6.04. The number of alkyl halides is 1. The van der Waals surface area contributed by atoms with Gasteiger partial charge in [0.15, 0.2) is 0 Å². The minimum atomic E-state index is -0.725. The second-order valence-corrected chi connectivity index (χ2v) is 3.20. The van der Waals surface area contributed by atoms with Crippen molar-refractivity contribution in [3.05, 3.63) is 0 Å². The number of hydrogen-bond acceptors (Lipinski definition) is 4. The van der Waals surface area contributed by atoms with E-state index >= 15 is 0 Å². The zero-order valence-corrected chi connectivity index (χ0v) is 9.16. The molecule has 0 spiro atoms. The lowest BCUT2D eigenvalue weighted by molar-refractivity contribution is -0.184. The minimum absolute atomic E-state index is 0.439. The fourth-order valence-corrected chi connectivity index (χ4v) is 1.11. The van der Waals surface area contributed by atoms with Crippen LogP contribution in [0.3, 0.4) is 0 Å². The first-order valence-corrected chi connectivity index (χ1v) is 4.99. The SMILES string of the molecule is CC(=O)OC(CCI)OC(C)=O. The number of ether oxygens (including phenoxy) is 2. The molecule has 0 aliphatic heterocycles. The van der Waals surface area contributed by atoms with Gasteiger partial charge in [0.05, 0.1) is 0 Å². The highest BCUT2D eigenvalue weighted by Gasteiger charge is 2.13. The summed E-state index contributed by atoms with van der Waals surface area (Å²) >= 11 is 2.11. The van der Waals surface area contributed by atoms with Crippen molar-refractivity contribution in [1.29, 1.82) is 0 Å². The summed E-state index contributed by atoms with van der Waals surface area (Å²) < 4.78 is 10.2. The third-order valence-electron chi connectivity index (χ3n) is 0.940. The Morgan fingerprint density at radius 1 is 1.25 bits per heavy atom. The predicted molar refractivity (Wildman–Crippen MR) is 50.8 cm³/mol. The van der Waals surface area contributed by atoms with Crippen LogP contribution in [0.25, 0.3) is 0 Å². The molecule has 0 N–H and O–H groups in total. The molecule has 0 aromatic heterocycles. The first kappa shape index (κ1) is 11.7. The van der Waals surface area contributed by atoms with Gasteiger partial charge in [-0.05, 0) is 0 Å². The lowest BCUT2D eigenvalue weighted by Crippen LogP contribution is -2.22. The Bertz CT molecular complexity index is 153. The van der Waals surface area contributed by atoms with Gasteiger partial charge in [-0.2, -0.15) is 0 Å². The van der Waals surface area contributed by atoms with Crippen molar-refractivity contribution in [3.8, 4) is 0 Å². The van der Waals surface area contributed by atoms with E-state index in [1.165, 1.54) is 13.8 Å². The molecule has 70 valence electrons. The smallest absolute Gasteiger partial charge is 0.305 e. The van der Waals surface area contributed by atoms with Crippen LogP contribution in [0.5, 0.6) is 0 Å². The van der Waals surface area contributed by atoms with Gasteiger partial charge in [-0.15, -0.1) is 0 Å². The van der Waals surface area contributed by atoms with Crippen LogP contribution in [0.2, 0.25) is 0 Å². The van der Waals surface area contributed by atoms with Crippen LogP contribution in [-0.4, -0.2) is 22.7 Å². The molecular formula is C7H11IO4. The van der Waals surface area contributed by atoms with Crippen molar-refractivity contribution in [2.75, 3.05) is 4.43 Å². The normalized spacial score (nSPS) is 9.67. The van der Waals surface area contributed by atoms with Gasteiger partial charge in [0.25, 0.3) is 0 Å². The van der Waals surface area contributed by atoms with Crippen LogP contribution in [0.15, 0.2) is 0 Å². The molecule has 0 atom stereocenters. The molecule has 0 saturated heterocycles. The zero-order valence-electron chi connectivity index (χ0n) is 7.00. The summed E-state index contributed by atoms with van der Waals surface area (Å²) in [6.07, 6.45) is -0.198. The summed E-state index contributed by atoms with van der Waals surface area (Å²) in [4.78, 5) is 21.0. The molecule has 0 heterocycles. The van der Waals surface area contributed by atoms with Gasteiger partial charge in [-0.25, -0.2) is 0 Å². The highest BCUT2D eigenvalue weighted by atomic mass is 127. The molecule has 0 radical (unpaired) electrons. The maximum atomic E-state index is 10.5. The van der Waals surface area contributed by atoms with Crippen LogP contribution in [0.4, 0.5) is 0 Å². The standard InChI is InChI=1S/C7H11IO4/c1-5(9)11-7(3-4-8)12-6(2)10/h7H,3-4H2,1-2H3. The molecule has 0 bridgehead atoms. The van der Waals surface area contributed by atoms with E-state index in [2.05, 4.69) is 22.6 Å². The Morgan fingerprint density at radius 2 is 1.67 bits per heavy atom. The number of carbonyl (C=O) groups is 2. The van der Waals surface area contributed by atoms with Crippen molar-refractivity contribution < 1.29 is 19.1 Å². The molecule has 0 aromatic rings. The molecule has 12 heavy (non-hydrogen) atoms. The van der Waals surface area contributed by atoms with Crippen molar-refractivity contribution in [1.82, 2.24) is 0 Å². The average Bonchev–Trinajstić information content (AvgIpc) is 1.84. The van der Waals surface area contributed by atoms with Crippen molar-refractivity contribution >= 4 is 34.5 Å². The maximum Gasteiger partial charge on any atom is 0.305 e. The lowest BCUT2D eigenvalue weighted by Gasteiger charge is -2.14. The highest BCUT2D eigenvalue weighted by Crippen LogP contribution is 2.04. The minimum Gasteiger partial charge on any atom is -0.425 e. The zero-order chi connectivity index (χ0) is 9.56. The Labute approximate surface area is 84.7 Å². The van der Waals surface area contributed by atoms with Gasteiger partial charge < -0.3 is 9.47 Å². The van der Waals surface area contributed by atoms with E-state index in [1.54, 1.807) is 0 Å². The molecule has 0 aliphatic carbocycles. The van der Waals surface area contributed by atoms with Crippen LogP contribution in [0, 0.1) is 0 Å². The topological polar surface area (TPSA) is 52.6 Å². The summed E-state index contributed by atoms with van der Waals surface area (Å²) in [6.45, 7) is 2.56. The third-order valence-corrected chi connectivity index (χ3v) is 1.56. The quantitative estimate of drug-likeness (QED) is 0.338. The average molecular weight is 286 g/mol. The van der Waals surface area contributed by atoms with Gasteiger partial charge in [0, 0.05) is 24.7 Å². The first-order valence-electron chi connectivity index (χ1n) is 3.46. The molecule has 4 nitrogen and oxygen atoms in total. The number of hydrogen-bond donors (Lipinski definition) is 0. The molecule has 5 heteroatoms. The Hall–Kier alpha value is -0.330. The van der Waals surface area contributed by atoms with E-state index in [0.717, 1.165) is 4.43 Å². The summed E-state index contributed by atoms with van der Waals surface area (Å²) in [7, 11) is 0. The van der Waals surface area contributed by atoms with E-state index in [4.69, 9.17) is 9.47 Å². The molecular weight excluding hydrogens is 275 g/mol. The lowest BCUT2D eigenvalue weighted by atomic mass is 10.5. The maximum absolute atomic E-state index is 10.5. The van der Waals surface area contributed by atoms with Crippen LogP contribution < -0.4 is 0 Å². The molecule has 0 aliphatic rings. The molecule has 0 saturated carbocycles. The number of esters is 2. The number of halogens is 1. The van der Waals surface area contributed by atoms with E-state index in [-0.39, 0.29) is 0 Å². The Balaban J connectivity index is 3.85. The molecule has 0 rings (SSSR count). The monoisotopic (exact) mass is 286 g/mol. The Morgan fingerprint density at radius 3 is 1.92 bits per heavy atom. The fraction of sp³-hybridized carbons (Fsp3) is 0.714. The van der Waals surface area contributed by atoms with E-state index in [0.29, 0.717) is 6.42 Å². The highest BCUT2D eigenvalue weighted by molar-refractivity contribution is 14.1. The second-order valence-electron chi connectivity index (χ2n) is 2.13. The summed E-state index contributed by atoms with van der Waals surface area (Å²) in [6, 6.07) is 0. The van der Waals surface area contributed by atoms with Gasteiger partial charge in [-0.1, -0.05) is 22.6 Å². The number of carbonyl (C=O) groups excluding carboxylic acids is 2. The van der Waals surface area contributed by atoms with E-state index < -0.39 is 18.2 Å². The van der Waals surface area contributed by atoms with Crippen LogP contribution in [0.1, 0.15) is 20.3 Å². The van der Waals surface area contributed by atoms with Crippen molar-refractivity contribution in [2.24, 2.45) is 0 Å². The molecule has 0 amide bonds. The van der Waals surface area contributed by atoms with E-state index in [1.807, 2.05) is 0 Å². The van der Waals surface area contributed by atoms with Crippen LogP contribution >= 0.6 is 22.6 Å². The summed E-state index contributed by atoms with van der Waals surface area (Å²) in [5.74, 6) is -0.878. The molecule has 0 fully saturated rings. The van der Waals surface area contributed by atoms with Gasteiger partial charge in [0.1, 0.15) is 0 Å². The predicted octanol–water partition coefficient (Wildman–Crippen LogP) is 1.26. The summed E-state index contributed by atoms with van der Waals surface area (Å²) in [5.41, 5.74) is 0. The summed E-state index contributed by atoms with van der Waals surface area (Å²) in [5, 5.41) is 0. The van der Waals surface area contributed by atoms with Crippen molar-refractivity contribution in [3.63, 3.8) is 0 Å². The largest absolute Gasteiger partial charge is 0.425 e. The van der Waals surface area contributed by atoms with Crippen molar-refractivity contribution in [2.45, 2.75) is 26.6 Å². The molecule has 0 aromatic carbocycles. The molecule has 0 unspecified atom stereocenters. The third kappa shape index (κ3) is 6.38. The fourth-order valence-electron chi connectivity index (χ4n) is 0.601. The first-order chi connectivity index (χ1) is 5.56. The van der Waals surface area contributed by atoms with Gasteiger partial charge in [-0.3, -0.25) is 9.59 Å².